The van der Waals surface area contributed by atoms with Crippen LogP contribution in [-0.2, 0) is 11.3 Å². The number of thiol groups is 1. The largest absolute Gasteiger partial charge is 0.348 e. The molecule has 0 fully saturated rings. The first-order valence-corrected chi connectivity index (χ1v) is 5.99. The molecule has 0 radical (unpaired) electrons. The fraction of sp³-hybridized carbons (Fsp3) is 0.222. The number of aromatic nitrogens is 1. The van der Waals surface area contributed by atoms with Crippen LogP contribution in [0.3, 0.4) is 0 Å². The summed E-state index contributed by atoms with van der Waals surface area (Å²) in [6.07, 6.45) is 5.29. The summed E-state index contributed by atoms with van der Waals surface area (Å²) in [5.74, 6) is -0.144. The minimum atomic E-state index is -0.144. The van der Waals surface area contributed by atoms with Crippen LogP contribution in [0.1, 0.15) is 5.69 Å². The fourth-order valence-corrected chi connectivity index (χ4v) is 1.48. The van der Waals surface area contributed by atoms with Gasteiger partial charge in [-0.3, -0.25) is 9.52 Å². The van der Waals surface area contributed by atoms with Crippen molar-refractivity contribution in [1.29, 1.82) is 0 Å². The quantitative estimate of drug-likeness (QED) is 0.357. The highest BCUT2D eigenvalue weighted by molar-refractivity contribution is 8.68. The van der Waals surface area contributed by atoms with Gasteiger partial charge in [0.2, 0.25) is 0 Å². The molecule has 1 aromatic rings. The van der Waals surface area contributed by atoms with Gasteiger partial charge in [0.15, 0.2) is 0 Å². The monoisotopic (exact) mass is 228 g/mol. The average molecular weight is 228 g/mol. The number of amides is 1. The van der Waals surface area contributed by atoms with Crippen molar-refractivity contribution in [2.45, 2.75) is 13.5 Å². The lowest BCUT2D eigenvalue weighted by molar-refractivity contribution is -0.114. The lowest BCUT2D eigenvalue weighted by Crippen LogP contribution is -2.10. The molecule has 14 heavy (non-hydrogen) atoms. The molecule has 1 heterocycles. The molecule has 0 bridgehead atoms. The number of allylic oxidation sites excluding steroid dienone is 1. The molecule has 5 heteroatoms. The Labute approximate surface area is 92.5 Å². The van der Waals surface area contributed by atoms with Gasteiger partial charge in [0.1, 0.15) is 0 Å². The maximum Gasteiger partial charge on any atom is 0.254 e. The van der Waals surface area contributed by atoms with Gasteiger partial charge in [-0.1, -0.05) is 17.7 Å². The zero-order valence-electron chi connectivity index (χ0n) is 7.80. The van der Waals surface area contributed by atoms with E-state index in [2.05, 4.69) is 20.9 Å². The summed E-state index contributed by atoms with van der Waals surface area (Å²) in [6.45, 7) is 2.74. The molecule has 0 atom stereocenters. The maximum absolute atomic E-state index is 11.0. The first-order valence-electron chi connectivity index (χ1n) is 4.12. The normalized spacial score (nSPS) is 10.7. The van der Waals surface area contributed by atoms with E-state index in [9.17, 15) is 4.79 Å². The Morgan fingerprint density at radius 3 is 3.14 bits per heavy atom. The van der Waals surface area contributed by atoms with Crippen LogP contribution in [0.25, 0.3) is 0 Å². The van der Waals surface area contributed by atoms with Crippen molar-refractivity contribution >= 4 is 28.5 Å². The summed E-state index contributed by atoms with van der Waals surface area (Å²) < 4.78 is 4.54. The van der Waals surface area contributed by atoms with Crippen molar-refractivity contribution in [3.63, 3.8) is 0 Å². The summed E-state index contributed by atoms with van der Waals surface area (Å²) in [7, 11) is 0.998. The second-order valence-corrected chi connectivity index (χ2v) is 3.70. The van der Waals surface area contributed by atoms with Gasteiger partial charge in [0.05, 0.1) is 0 Å². The summed E-state index contributed by atoms with van der Waals surface area (Å²) in [4.78, 5) is 11.0. The van der Waals surface area contributed by atoms with Gasteiger partial charge in [-0.25, -0.2) is 0 Å². The van der Waals surface area contributed by atoms with Gasteiger partial charge in [0.25, 0.3) is 5.91 Å². The minimum absolute atomic E-state index is 0.144. The van der Waals surface area contributed by atoms with Crippen molar-refractivity contribution in [2.75, 3.05) is 0 Å². The van der Waals surface area contributed by atoms with E-state index in [1.807, 2.05) is 31.3 Å². The molecule has 0 saturated heterocycles. The van der Waals surface area contributed by atoms with Crippen LogP contribution < -0.4 is 4.72 Å². The Balaban J connectivity index is 2.41. The Morgan fingerprint density at radius 1 is 1.79 bits per heavy atom. The van der Waals surface area contributed by atoms with Crippen molar-refractivity contribution in [3.05, 3.63) is 36.2 Å². The van der Waals surface area contributed by atoms with E-state index in [0.717, 1.165) is 11.0 Å². The predicted octanol–water partition coefficient (Wildman–Crippen LogP) is 1.96. The van der Waals surface area contributed by atoms with E-state index < -0.39 is 0 Å². The van der Waals surface area contributed by atoms with Crippen LogP contribution >= 0.6 is 22.6 Å². The smallest absolute Gasteiger partial charge is 0.254 e. The molecule has 0 saturated carbocycles. The van der Waals surface area contributed by atoms with Crippen molar-refractivity contribution in [1.82, 2.24) is 9.29 Å². The third-order valence-corrected chi connectivity index (χ3v) is 2.34. The first-order chi connectivity index (χ1) is 6.74. The maximum atomic E-state index is 11.0. The van der Waals surface area contributed by atoms with Crippen LogP contribution in [0.4, 0.5) is 0 Å². The second-order valence-electron chi connectivity index (χ2n) is 2.76. The number of hydrogen-bond acceptors (Lipinski definition) is 3. The molecule has 0 aliphatic carbocycles. The van der Waals surface area contributed by atoms with Crippen molar-refractivity contribution in [2.24, 2.45) is 0 Å². The van der Waals surface area contributed by atoms with E-state index in [0.29, 0.717) is 6.54 Å². The van der Waals surface area contributed by atoms with Crippen LogP contribution in [0, 0.1) is 6.92 Å². The molecule has 0 spiro atoms. The lowest BCUT2D eigenvalue weighted by atomic mass is 10.4. The molecule has 76 valence electrons. The molecular weight excluding hydrogens is 216 g/mol. The van der Waals surface area contributed by atoms with Gasteiger partial charge in [-0.2, -0.15) is 0 Å². The van der Waals surface area contributed by atoms with Crippen molar-refractivity contribution < 1.29 is 4.79 Å². The number of carbonyl (C=O) groups excluding carboxylic acids is 1. The SMILES string of the molecule is Cc1cccn1C/C=C/C(=O)NSS. The summed E-state index contributed by atoms with van der Waals surface area (Å²) in [5.41, 5.74) is 1.18. The third kappa shape index (κ3) is 3.51. The average Bonchev–Trinajstić information content (AvgIpc) is 2.52. The van der Waals surface area contributed by atoms with E-state index >= 15 is 0 Å². The molecule has 0 aliphatic rings. The molecule has 1 amide bonds. The van der Waals surface area contributed by atoms with E-state index in [1.54, 1.807) is 0 Å². The van der Waals surface area contributed by atoms with Gasteiger partial charge in [-0.15, -0.1) is 0 Å². The van der Waals surface area contributed by atoms with Crippen LogP contribution in [0.2, 0.25) is 0 Å². The Kier molecular flexibility index (Phi) is 4.69. The highest BCUT2D eigenvalue weighted by atomic mass is 33.1. The van der Waals surface area contributed by atoms with Gasteiger partial charge >= 0.3 is 0 Å². The van der Waals surface area contributed by atoms with E-state index in [1.165, 1.54) is 11.8 Å². The number of aryl methyl sites for hydroxylation is 1. The van der Waals surface area contributed by atoms with Gasteiger partial charge in [-0.05, 0) is 19.1 Å². The predicted molar refractivity (Wildman–Crippen MR) is 63.0 cm³/mol. The van der Waals surface area contributed by atoms with Gasteiger partial charge in [0, 0.05) is 35.5 Å². The zero-order valence-corrected chi connectivity index (χ0v) is 9.52. The number of carbonyl (C=O) groups is 1. The zero-order chi connectivity index (χ0) is 10.4. The molecule has 0 aliphatic heterocycles. The van der Waals surface area contributed by atoms with E-state index in [4.69, 9.17) is 0 Å². The Morgan fingerprint density at radius 2 is 2.57 bits per heavy atom. The summed E-state index contributed by atoms with van der Waals surface area (Å²) >= 11 is 3.80. The molecule has 0 unspecified atom stereocenters. The molecule has 3 nitrogen and oxygen atoms in total. The molecule has 1 rings (SSSR count). The molecule has 0 aromatic carbocycles. The number of hydrogen-bond donors (Lipinski definition) is 2. The molecule has 1 N–H and O–H groups in total. The Bertz CT molecular complexity index is 333. The third-order valence-electron chi connectivity index (χ3n) is 1.77. The van der Waals surface area contributed by atoms with E-state index in [-0.39, 0.29) is 5.91 Å². The van der Waals surface area contributed by atoms with Crippen LogP contribution in [-0.4, -0.2) is 10.5 Å². The first kappa shape index (κ1) is 11.3. The standard InChI is InChI=1S/C9H12N2OS2/c1-8-4-2-6-11(8)7-3-5-9(12)10-14-13/h2-6,13H,7H2,1H3,(H,10,12)/b5-3+. The highest BCUT2D eigenvalue weighted by Crippen LogP contribution is 2.00. The second kappa shape index (κ2) is 5.82. The molecular formula is C9H12N2OS2. The number of nitrogens with one attached hydrogen (secondary N) is 1. The number of rotatable bonds is 4. The van der Waals surface area contributed by atoms with Crippen LogP contribution in [0.15, 0.2) is 30.5 Å². The topological polar surface area (TPSA) is 34.0 Å². The van der Waals surface area contributed by atoms with Crippen molar-refractivity contribution in [3.8, 4) is 0 Å². The highest BCUT2D eigenvalue weighted by Gasteiger charge is 1.93. The summed E-state index contributed by atoms with van der Waals surface area (Å²) in [5, 5.41) is 0. The van der Waals surface area contributed by atoms with Gasteiger partial charge < -0.3 is 4.57 Å². The fourth-order valence-electron chi connectivity index (χ4n) is 1.06. The van der Waals surface area contributed by atoms with Crippen LogP contribution in [0.5, 0.6) is 0 Å². The summed E-state index contributed by atoms with van der Waals surface area (Å²) in [6, 6.07) is 4.00. The number of nitrogens with zero attached hydrogens (tertiary/aromatic N) is 1. The Hall–Kier alpha value is -0.810. The minimum Gasteiger partial charge on any atom is -0.348 e. The molecule has 1 aromatic heterocycles. The lowest BCUT2D eigenvalue weighted by Gasteiger charge is -2.00.